The molecule has 0 amide bonds. The summed E-state index contributed by atoms with van der Waals surface area (Å²) in [4.78, 5) is 21.8. The van der Waals surface area contributed by atoms with Gasteiger partial charge in [-0.3, -0.25) is 14.9 Å². The van der Waals surface area contributed by atoms with Gasteiger partial charge in [-0.15, -0.1) is 11.3 Å². The van der Waals surface area contributed by atoms with Gasteiger partial charge in [0.05, 0.1) is 14.8 Å². The van der Waals surface area contributed by atoms with Gasteiger partial charge in [0, 0.05) is 12.1 Å². The fourth-order valence-electron chi connectivity index (χ4n) is 1.42. The molecule has 0 spiro atoms. The standard InChI is InChI=1S/C12H7Cl2NO4S/c13-11-5-9(12(14)20-11)10(16)6-19-8-3-1-7(2-4-8)15(17)18/h1-5H,6H2. The molecule has 2 aromatic rings. The molecule has 0 bridgehead atoms. The van der Waals surface area contributed by atoms with Crippen LogP contribution in [0.5, 0.6) is 5.75 Å². The van der Waals surface area contributed by atoms with Crippen molar-refractivity contribution in [2.75, 3.05) is 6.61 Å². The lowest BCUT2D eigenvalue weighted by Gasteiger charge is -2.04. The second-order valence-corrected chi connectivity index (χ2v) is 5.99. The number of nitrogens with zero attached hydrogens (tertiary/aromatic N) is 1. The maximum Gasteiger partial charge on any atom is 0.269 e. The minimum absolute atomic E-state index is 0.0451. The van der Waals surface area contributed by atoms with Gasteiger partial charge in [-0.2, -0.15) is 0 Å². The van der Waals surface area contributed by atoms with E-state index in [-0.39, 0.29) is 18.1 Å². The number of ether oxygens (including phenoxy) is 1. The zero-order valence-electron chi connectivity index (χ0n) is 9.84. The van der Waals surface area contributed by atoms with Crippen molar-refractivity contribution in [1.29, 1.82) is 0 Å². The van der Waals surface area contributed by atoms with E-state index in [2.05, 4.69) is 0 Å². The number of non-ortho nitro benzene ring substituents is 1. The minimum Gasteiger partial charge on any atom is -0.485 e. The van der Waals surface area contributed by atoms with E-state index in [0.29, 0.717) is 20.0 Å². The summed E-state index contributed by atoms with van der Waals surface area (Å²) in [6, 6.07) is 6.93. The number of nitro groups is 1. The smallest absolute Gasteiger partial charge is 0.269 e. The Kier molecular flexibility index (Phi) is 4.59. The van der Waals surface area contributed by atoms with Crippen molar-refractivity contribution in [1.82, 2.24) is 0 Å². The number of thiophene rings is 1. The Labute approximate surface area is 127 Å². The first-order valence-corrected chi connectivity index (χ1v) is 6.90. The largest absolute Gasteiger partial charge is 0.485 e. The predicted octanol–water partition coefficient (Wildman–Crippen LogP) is 4.22. The summed E-state index contributed by atoms with van der Waals surface area (Å²) in [5.74, 6) is 0.0536. The molecule has 0 N–H and O–H groups in total. The highest BCUT2D eigenvalue weighted by Gasteiger charge is 2.15. The van der Waals surface area contributed by atoms with E-state index in [1.165, 1.54) is 30.3 Å². The molecule has 0 aliphatic carbocycles. The number of benzene rings is 1. The van der Waals surface area contributed by atoms with E-state index in [1.807, 2.05) is 0 Å². The molecule has 0 radical (unpaired) electrons. The highest BCUT2D eigenvalue weighted by molar-refractivity contribution is 7.20. The number of carbonyl (C=O) groups is 1. The SMILES string of the molecule is O=C(COc1ccc([N+](=O)[O-])cc1)c1cc(Cl)sc1Cl. The molecule has 1 heterocycles. The van der Waals surface area contributed by atoms with Crippen LogP contribution in [-0.2, 0) is 0 Å². The van der Waals surface area contributed by atoms with Crippen LogP contribution in [0, 0.1) is 10.1 Å². The molecule has 0 fully saturated rings. The fraction of sp³-hybridized carbons (Fsp3) is 0.0833. The Bertz CT molecular complexity index is 654. The topological polar surface area (TPSA) is 69.4 Å². The lowest BCUT2D eigenvalue weighted by atomic mass is 10.2. The molecule has 5 nitrogen and oxygen atoms in total. The van der Waals surface area contributed by atoms with Gasteiger partial charge >= 0.3 is 0 Å². The van der Waals surface area contributed by atoms with Crippen molar-refractivity contribution in [3.05, 3.63) is 54.7 Å². The van der Waals surface area contributed by atoms with E-state index in [0.717, 1.165) is 11.3 Å². The third-order valence-electron chi connectivity index (χ3n) is 2.37. The summed E-state index contributed by atoms with van der Waals surface area (Å²) in [6.45, 7) is -0.218. The molecule has 1 aromatic carbocycles. The zero-order valence-corrected chi connectivity index (χ0v) is 12.2. The normalized spacial score (nSPS) is 10.3. The predicted molar refractivity (Wildman–Crippen MR) is 77.3 cm³/mol. The van der Waals surface area contributed by atoms with Gasteiger partial charge in [0.25, 0.3) is 5.69 Å². The second-order valence-electron chi connectivity index (χ2n) is 3.70. The first-order valence-electron chi connectivity index (χ1n) is 5.32. The van der Waals surface area contributed by atoms with Crippen LogP contribution in [0.3, 0.4) is 0 Å². The van der Waals surface area contributed by atoms with Crippen molar-refractivity contribution >= 4 is 46.0 Å². The third kappa shape index (κ3) is 3.47. The number of halogens is 2. The Balaban J connectivity index is 2.00. The van der Waals surface area contributed by atoms with E-state index in [9.17, 15) is 14.9 Å². The molecule has 0 aliphatic rings. The number of rotatable bonds is 5. The van der Waals surface area contributed by atoms with Crippen molar-refractivity contribution in [3.8, 4) is 5.75 Å². The third-order valence-corrected chi connectivity index (χ3v) is 3.86. The Morgan fingerprint density at radius 1 is 1.30 bits per heavy atom. The van der Waals surface area contributed by atoms with Gasteiger partial charge in [-0.1, -0.05) is 23.2 Å². The van der Waals surface area contributed by atoms with Crippen LogP contribution in [0.4, 0.5) is 5.69 Å². The van der Waals surface area contributed by atoms with Crippen LogP contribution in [0.1, 0.15) is 10.4 Å². The number of Topliss-reactive ketones (excluding diaryl/α,β-unsaturated/α-hetero) is 1. The molecular formula is C12H7Cl2NO4S. The Morgan fingerprint density at radius 2 is 1.95 bits per heavy atom. The molecule has 0 saturated heterocycles. The Hall–Kier alpha value is -1.63. The lowest BCUT2D eigenvalue weighted by molar-refractivity contribution is -0.384. The summed E-state index contributed by atoms with van der Waals surface area (Å²) in [5.41, 5.74) is 0.264. The van der Waals surface area contributed by atoms with E-state index in [4.69, 9.17) is 27.9 Å². The van der Waals surface area contributed by atoms with Gasteiger partial charge < -0.3 is 4.74 Å². The first-order chi connectivity index (χ1) is 9.47. The molecule has 104 valence electrons. The summed E-state index contributed by atoms with van der Waals surface area (Å²) in [5, 5.41) is 10.5. The van der Waals surface area contributed by atoms with E-state index < -0.39 is 4.92 Å². The van der Waals surface area contributed by atoms with Crippen molar-refractivity contribution in [3.63, 3.8) is 0 Å². The van der Waals surface area contributed by atoms with Gasteiger partial charge in [-0.25, -0.2) is 0 Å². The number of hydrogen-bond donors (Lipinski definition) is 0. The van der Waals surface area contributed by atoms with Crippen molar-refractivity contribution in [2.45, 2.75) is 0 Å². The lowest BCUT2D eigenvalue weighted by Crippen LogP contribution is -2.11. The summed E-state index contributed by atoms with van der Waals surface area (Å²) in [7, 11) is 0. The molecule has 0 atom stereocenters. The van der Waals surface area contributed by atoms with E-state index in [1.54, 1.807) is 0 Å². The second kappa shape index (κ2) is 6.21. The van der Waals surface area contributed by atoms with Gasteiger partial charge in [0.2, 0.25) is 5.78 Å². The Morgan fingerprint density at radius 3 is 2.45 bits per heavy atom. The highest BCUT2D eigenvalue weighted by Crippen LogP contribution is 2.31. The summed E-state index contributed by atoms with van der Waals surface area (Å²) in [6.07, 6.45) is 0. The molecule has 8 heteroatoms. The summed E-state index contributed by atoms with van der Waals surface area (Å²) >= 11 is 12.7. The number of ketones is 1. The summed E-state index contributed by atoms with van der Waals surface area (Å²) < 4.78 is 5.99. The minimum atomic E-state index is -0.512. The number of hydrogen-bond acceptors (Lipinski definition) is 5. The molecule has 1 aromatic heterocycles. The molecule has 20 heavy (non-hydrogen) atoms. The quantitative estimate of drug-likeness (QED) is 0.467. The van der Waals surface area contributed by atoms with Crippen LogP contribution < -0.4 is 4.74 Å². The maximum absolute atomic E-state index is 11.9. The van der Waals surface area contributed by atoms with Crippen molar-refractivity contribution in [2.24, 2.45) is 0 Å². The maximum atomic E-state index is 11.9. The highest BCUT2D eigenvalue weighted by atomic mass is 35.5. The van der Waals surface area contributed by atoms with Crippen LogP contribution >= 0.6 is 34.5 Å². The molecule has 0 saturated carbocycles. The average molecular weight is 332 g/mol. The first kappa shape index (κ1) is 14.8. The van der Waals surface area contributed by atoms with Crippen molar-refractivity contribution < 1.29 is 14.5 Å². The molecule has 2 rings (SSSR count). The monoisotopic (exact) mass is 331 g/mol. The number of carbonyl (C=O) groups excluding carboxylic acids is 1. The van der Waals surface area contributed by atoms with Gasteiger partial charge in [0.15, 0.2) is 6.61 Å². The van der Waals surface area contributed by atoms with Crippen LogP contribution in [0.15, 0.2) is 30.3 Å². The molecule has 0 aliphatic heterocycles. The van der Waals surface area contributed by atoms with E-state index >= 15 is 0 Å². The molecule has 0 unspecified atom stereocenters. The fourth-order valence-corrected chi connectivity index (χ4v) is 2.92. The van der Waals surface area contributed by atoms with Crippen LogP contribution in [0.2, 0.25) is 8.67 Å². The number of nitro benzene ring substituents is 1. The van der Waals surface area contributed by atoms with Gasteiger partial charge in [-0.05, 0) is 18.2 Å². The average Bonchev–Trinajstić information content (AvgIpc) is 2.75. The van der Waals surface area contributed by atoms with Gasteiger partial charge in [0.1, 0.15) is 10.1 Å². The zero-order chi connectivity index (χ0) is 14.7. The molecular weight excluding hydrogens is 325 g/mol. The van der Waals surface area contributed by atoms with Crippen LogP contribution in [0.25, 0.3) is 0 Å². The van der Waals surface area contributed by atoms with Crippen LogP contribution in [-0.4, -0.2) is 17.3 Å².